The van der Waals surface area contributed by atoms with E-state index in [9.17, 15) is 10.1 Å². The first-order valence-electron chi connectivity index (χ1n) is 7.28. The number of nitrogens with two attached hydrogens (primary N) is 1. The van der Waals surface area contributed by atoms with Gasteiger partial charge >= 0.3 is 0 Å². The molecular formula is C15H20N4O2S. The van der Waals surface area contributed by atoms with Crippen molar-refractivity contribution in [3.05, 3.63) is 34.0 Å². The second kappa shape index (κ2) is 7.22. The highest BCUT2D eigenvalue weighted by Gasteiger charge is 2.16. The molecule has 0 amide bonds. The number of nitro benzene ring substituents is 1. The van der Waals surface area contributed by atoms with E-state index in [1.54, 1.807) is 12.1 Å². The summed E-state index contributed by atoms with van der Waals surface area (Å²) in [6.45, 7) is 4.97. The number of aryl methyl sites for hydroxylation is 1. The van der Waals surface area contributed by atoms with E-state index >= 15 is 0 Å². The maximum Gasteiger partial charge on any atom is 0.292 e. The van der Waals surface area contributed by atoms with Gasteiger partial charge in [0.2, 0.25) is 0 Å². The zero-order valence-electron chi connectivity index (χ0n) is 12.8. The molecule has 118 valence electrons. The summed E-state index contributed by atoms with van der Waals surface area (Å²) >= 11 is 1.51. The van der Waals surface area contributed by atoms with Crippen molar-refractivity contribution < 1.29 is 4.92 Å². The molecule has 6 nitrogen and oxygen atoms in total. The minimum atomic E-state index is -0.459. The van der Waals surface area contributed by atoms with Gasteiger partial charge in [-0.15, -0.1) is 0 Å². The summed E-state index contributed by atoms with van der Waals surface area (Å²) in [5.74, 6) is 0. The fourth-order valence-corrected chi connectivity index (χ4v) is 3.14. The number of benzene rings is 1. The number of nitrogen functional groups attached to an aromatic ring is 1. The molecule has 0 saturated heterocycles. The van der Waals surface area contributed by atoms with Crippen LogP contribution >= 0.6 is 11.3 Å². The van der Waals surface area contributed by atoms with Crippen LogP contribution in [0.4, 0.5) is 16.5 Å². The van der Waals surface area contributed by atoms with Crippen LogP contribution in [0.2, 0.25) is 0 Å². The Labute approximate surface area is 133 Å². The van der Waals surface area contributed by atoms with Gasteiger partial charge in [0.1, 0.15) is 5.69 Å². The van der Waals surface area contributed by atoms with Gasteiger partial charge in [0.15, 0.2) is 5.13 Å². The van der Waals surface area contributed by atoms with Crippen molar-refractivity contribution in [2.45, 2.75) is 33.1 Å². The Bertz CT molecular complexity index is 670. The molecule has 0 bridgehead atoms. The maximum absolute atomic E-state index is 11.0. The predicted molar refractivity (Wildman–Crippen MR) is 91.4 cm³/mol. The first-order chi connectivity index (χ1) is 10.5. The number of anilines is 2. The van der Waals surface area contributed by atoms with Gasteiger partial charge in [-0.3, -0.25) is 10.1 Å². The van der Waals surface area contributed by atoms with Crippen LogP contribution < -0.4 is 11.1 Å². The van der Waals surface area contributed by atoms with E-state index in [-0.39, 0.29) is 11.4 Å². The van der Waals surface area contributed by atoms with Crippen LogP contribution in [-0.2, 0) is 0 Å². The van der Waals surface area contributed by atoms with Gasteiger partial charge in [-0.25, -0.2) is 4.98 Å². The highest BCUT2D eigenvalue weighted by molar-refractivity contribution is 7.19. The monoisotopic (exact) mass is 320 g/mol. The van der Waals surface area contributed by atoms with Gasteiger partial charge in [0.05, 0.1) is 15.5 Å². The molecule has 7 heteroatoms. The Kier molecular flexibility index (Phi) is 5.32. The fraction of sp³-hybridized carbons (Fsp3) is 0.400. The fourth-order valence-electron chi connectivity index (χ4n) is 2.15. The Morgan fingerprint density at radius 2 is 2.18 bits per heavy atom. The van der Waals surface area contributed by atoms with Gasteiger partial charge in [-0.05, 0) is 19.4 Å². The van der Waals surface area contributed by atoms with Crippen LogP contribution in [0.25, 0.3) is 10.4 Å². The molecule has 0 aliphatic heterocycles. The third kappa shape index (κ3) is 3.73. The summed E-state index contributed by atoms with van der Waals surface area (Å²) in [4.78, 5) is 16.0. The first-order valence-corrected chi connectivity index (χ1v) is 8.10. The van der Waals surface area contributed by atoms with Gasteiger partial charge < -0.3 is 11.1 Å². The van der Waals surface area contributed by atoms with Gasteiger partial charge in [0.25, 0.3) is 5.69 Å². The van der Waals surface area contributed by atoms with E-state index in [2.05, 4.69) is 17.2 Å². The second-order valence-electron chi connectivity index (χ2n) is 5.10. The lowest BCUT2D eigenvalue weighted by Crippen LogP contribution is -2.00. The number of nitrogens with zero attached hydrogens (tertiary/aromatic N) is 2. The van der Waals surface area contributed by atoms with Crippen molar-refractivity contribution in [1.29, 1.82) is 0 Å². The van der Waals surface area contributed by atoms with Crippen LogP contribution in [0.1, 0.15) is 31.9 Å². The molecule has 3 N–H and O–H groups in total. The molecule has 0 saturated carbocycles. The zero-order valence-corrected chi connectivity index (χ0v) is 13.6. The summed E-state index contributed by atoms with van der Waals surface area (Å²) in [6, 6.07) is 4.88. The molecule has 2 aromatic rings. The van der Waals surface area contributed by atoms with Crippen LogP contribution in [0.3, 0.4) is 0 Å². The second-order valence-corrected chi connectivity index (χ2v) is 6.10. The van der Waals surface area contributed by atoms with Crippen LogP contribution in [0, 0.1) is 17.0 Å². The van der Waals surface area contributed by atoms with E-state index in [1.807, 2.05) is 6.92 Å². The normalized spacial score (nSPS) is 10.6. The summed E-state index contributed by atoms with van der Waals surface area (Å²) < 4.78 is 0. The van der Waals surface area contributed by atoms with Gasteiger partial charge in [0, 0.05) is 18.2 Å². The topological polar surface area (TPSA) is 94.1 Å². The lowest BCUT2D eigenvalue weighted by atomic mass is 10.1. The number of hydrogen-bond donors (Lipinski definition) is 2. The quantitative estimate of drug-likeness (QED) is 0.345. The zero-order chi connectivity index (χ0) is 16.1. The Balaban J connectivity index is 2.20. The molecule has 0 aliphatic carbocycles. The van der Waals surface area contributed by atoms with Crippen LogP contribution in [0.5, 0.6) is 0 Å². The molecule has 0 atom stereocenters. The third-order valence-corrected chi connectivity index (χ3v) is 4.51. The average molecular weight is 320 g/mol. The summed E-state index contributed by atoms with van der Waals surface area (Å²) in [7, 11) is 0. The van der Waals surface area contributed by atoms with Gasteiger partial charge in [-0.2, -0.15) is 0 Å². The summed E-state index contributed by atoms with van der Waals surface area (Å²) in [5, 5.41) is 15.2. The van der Waals surface area contributed by atoms with Crippen molar-refractivity contribution in [3.63, 3.8) is 0 Å². The molecule has 1 heterocycles. The molecule has 0 radical (unpaired) electrons. The smallest absolute Gasteiger partial charge is 0.292 e. The lowest BCUT2D eigenvalue weighted by Gasteiger charge is -2.02. The number of hydrogen-bond acceptors (Lipinski definition) is 6. The highest BCUT2D eigenvalue weighted by atomic mass is 32.1. The van der Waals surface area contributed by atoms with Crippen molar-refractivity contribution in [2.24, 2.45) is 0 Å². The number of unbranched alkanes of at least 4 members (excludes halogenated alkanes) is 2. The molecular weight excluding hydrogens is 300 g/mol. The molecule has 1 aromatic heterocycles. The van der Waals surface area contributed by atoms with Crippen LogP contribution in [0.15, 0.2) is 18.2 Å². The number of rotatable bonds is 7. The van der Waals surface area contributed by atoms with Crippen LogP contribution in [-0.4, -0.2) is 16.5 Å². The van der Waals surface area contributed by atoms with Crippen molar-refractivity contribution in [3.8, 4) is 10.4 Å². The minimum Gasteiger partial charge on any atom is -0.393 e. The van der Waals surface area contributed by atoms with Crippen molar-refractivity contribution in [2.75, 3.05) is 17.6 Å². The predicted octanol–water partition coefficient (Wildman–Crippen LogP) is 4.21. The summed E-state index contributed by atoms with van der Waals surface area (Å²) in [5.41, 5.74) is 7.39. The van der Waals surface area contributed by atoms with E-state index < -0.39 is 4.92 Å². The Morgan fingerprint density at radius 3 is 2.86 bits per heavy atom. The SMILES string of the molecule is CCCCCNc1nc(C)c(-c2ccc(N)c([N+](=O)[O-])c2)s1. The molecule has 0 spiro atoms. The Morgan fingerprint density at radius 1 is 1.41 bits per heavy atom. The standard InChI is InChI=1S/C15H20N4O2S/c1-3-4-5-8-17-15-18-10(2)14(22-15)11-6-7-12(16)13(9-11)19(20)21/h6-7,9H,3-5,8,16H2,1-2H3,(H,17,18). The first kappa shape index (κ1) is 16.2. The Hall–Kier alpha value is -2.15. The van der Waals surface area contributed by atoms with Crippen molar-refractivity contribution in [1.82, 2.24) is 4.98 Å². The molecule has 0 fully saturated rings. The molecule has 1 aromatic carbocycles. The van der Waals surface area contributed by atoms with E-state index in [0.29, 0.717) is 0 Å². The maximum atomic E-state index is 11.0. The number of nitrogens with one attached hydrogen (secondary N) is 1. The minimum absolute atomic E-state index is 0.0669. The average Bonchev–Trinajstić information content (AvgIpc) is 2.85. The molecule has 22 heavy (non-hydrogen) atoms. The highest BCUT2D eigenvalue weighted by Crippen LogP contribution is 2.36. The lowest BCUT2D eigenvalue weighted by molar-refractivity contribution is -0.383. The summed E-state index contributed by atoms with van der Waals surface area (Å²) in [6.07, 6.45) is 3.48. The number of thiazole rings is 1. The van der Waals surface area contributed by atoms with Gasteiger partial charge in [-0.1, -0.05) is 37.2 Å². The molecule has 0 aliphatic rings. The number of nitro groups is 1. The van der Waals surface area contributed by atoms with E-state index in [1.165, 1.54) is 30.2 Å². The molecule has 2 rings (SSSR count). The molecule has 0 unspecified atom stereocenters. The third-order valence-electron chi connectivity index (χ3n) is 3.34. The largest absolute Gasteiger partial charge is 0.393 e. The number of aromatic nitrogens is 1. The van der Waals surface area contributed by atoms with E-state index in [0.717, 1.165) is 34.2 Å². The van der Waals surface area contributed by atoms with E-state index in [4.69, 9.17) is 5.73 Å². The van der Waals surface area contributed by atoms with Crippen molar-refractivity contribution >= 4 is 27.8 Å².